The molecular weight excluding hydrogens is 250 g/mol. The summed E-state index contributed by atoms with van der Waals surface area (Å²) in [5, 5.41) is 3.90. The number of aromatic nitrogens is 3. The minimum absolute atomic E-state index is 0.371. The van der Waals surface area contributed by atoms with Gasteiger partial charge in [-0.05, 0) is 18.6 Å². The van der Waals surface area contributed by atoms with Gasteiger partial charge in [-0.3, -0.25) is 5.43 Å². The number of nitrogen functional groups attached to an aromatic ring is 1. The Hall–Kier alpha value is -1.28. The second-order valence-corrected chi connectivity index (χ2v) is 5.75. The average Bonchev–Trinajstić information content (AvgIpc) is 2.89. The van der Waals surface area contributed by atoms with Crippen LogP contribution in [0.3, 0.4) is 0 Å². The molecule has 1 saturated heterocycles. The van der Waals surface area contributed by atoms with E-state index in [-0.39, 0.29) is 0 Å². The fourth-order valence-corrected chi connectivity index (χ4v) is 2.92. The maximum Gasteiger partial charge on any atom is 0.243 e. The molecule has 7 nitrogen and oxygen atoms in total. The van der Waals surface area contributed by atoms with Crippen LogP contribution >= 0.6 is 11.8 Å². The van der Waals surface area contributed by atoms with Crippen LogP contribution in [0, 0.1) is 0 Å². The lowest BCUT2D eigenvalue weighted by atomic mass is 10.2. The Morgan fingerprint density at radius 2 is 2.11 bits per heavy atom. The number of anilines is 3. The van der Waals surface area contributed by atoms with Gasteiger partial charge in [0.05, 0.1) is 0 Å². The molecule has 2 heterocycles. The Balaban J connectivity index is 2.03. The third-order valence-electron chi connectivity index (χ3n) is 2.66. The van der Waals surface area contributed by atoms with Crippen molar-refractivity contribution in [2.24, 2.45) is 5.84 Å². The van der Waals surface area contributed by atoms with Gasteiger partial charge in [-0.2, -0.15) is 26.7 Å². The Morgan fingerprint density at radius 3 is 2.72 bits per heavy atom. The van der Waals surface area contributed by atoms with E-state index in [2.05, 4.69) is 25.7 Å². The van der Waals surface area contributed by atoms with Gasteiger partial charge in [0.25, 0.3) is 0 Å². The largest absolute Gasteiger partial charge is 0.353 e. The van der Waals surface area contributed by atoms with Crippen LogP contribution in [0.1, 0.15) is 12.8 Å². The molecular formula is C10H19N7S. The molecule has 2 rings (SSSR count). The Morgan fingerprint density at radius 1 is 1.33 bits per heavy atom. The summed E-state index contributed by atoms with van der Waals surface area (Å²) in [5.41, 5.74) is 2.46. The van der Waals surface area contributed by atoms with E-state index < -0.39 is 0 Å². The Bertz CT molecular complexity index is 392. The van der Waals surface area contributed by atoms with E-state index >= 15 is 0 Å². The molecule has 0 spiro atoms. The number of hydrazine groups is 1. The van der Waals surface area contributed by atoms with Gasteiger partial charge in [-0.1, -0.05) is 0 Å². The van der Waals surface area contributed by atoms with Crippen molar-refractivity contribution in [1.82, 2.24) is 15.0 Å². The number of hydrogen-bond donors (Lipinski definition) is 3. The number of rotatable bonds is 5. The van der Waals surface area contributed by atoms with Crippen LogP contribution in [0.4, 0.5) is 17.8 Å². The molecule has 0 radical (unpaired) electrons. The van der Waals surface area contributed by atoms with Crippen molar-refractivity contribution in [3.63, 3.8) is 0 Å². The molecule has 18 heavy (non-hydrogen) atoms. The Kier molecular flexibility index (Phi) is 4.43. The molecule has 0 bridgehead atoms. The molecule has 0 saturated carbocycles. The first-order chi connectivity index (χ1) is 8.69. The van der Waals surface area contributed by atoms with Crippen molar-refractivity contribution in [3.8, 4) is 0 Å². The molecule has 1 aliphatic heterocycles. The van der Waals surface area contributed by atoms with Crippen molar-refractivity contribution < 1.29 is 0 Å². The Labute approximate surface area is 111 Å². The average molecular weight is 269 g/mol. The van der Waals surface area contributed by atoms with Gasteiger partial charge in [-0.15, -0.1) is 0 Å². The predicted octanol–water partition coefficient (Wildman–Crippen LogP) is 0.531. The summed E-state index contributed by atoms with van der Waals surface area (Å²) in [7, 11) is 3.76. The van der Waals surface area contributed by atoms with Crippen LogP contribution in [0.2, 0.25) is 0 Å². The molecule has 100 valence electrons. The summed E-state index contributed by atoms with van der Waals surface area (Å²) in [6, 6.07) is 0. The molecule has 4 N–H and O–H groups in total. The zero-order valence-electron chi connectivity index (χ0n) is 10.7. The highest BCUT2D eigenvalue weighted by molar-refractivity contribution is 8.00. The van der Waals surface area contributed by atoms with Gasteiger partial charge in [0, 0.05) is 25.9 Å². The van der Waals surface area contributed by atoms with Crippen LogP contribution in [0.5, 0.6) is 0 Å². The van der Waals surface area contributed by atoms with E-state index in [9.17, 15) is 0 Å². The van der Waals surface area contributed by atoms with E-state index in [1.54, 1.807) is 0 Å². The number of hydrogen-bond acceptors (Lipinski definition) is 8. The summed E-state index contributed by atoms with van der Waals surface area (Å²) in [6.45, 7) is 0.881. The molecule has 1 unspecified atom stereocenters. The van der Waals surface area contributed by atoms with Gasteiger partial charge in [0.2, 0.25) is 17.8 Å². The first-order valence-corrected chi connectivity index (χ1v) is 6.99. The summed E-state index contributed by atoms with van der Waals surface area (Å²) in [4.78, 5) is 14.5. The molecule has 8 heteroatoms. The smallest absolute Gasteiger partial charge is 0.243 e. The molecule has 0 amide bonds. The normalized spacial score (nSPS) is 18.7. The van der Waals surface area contributed by atoms with E-state index in [4.69, 9.17) is 5.84 Å². The van der Waals surface area contributed by atoms with Crippen molar-refractivity contribution in [3.05, 3.63) is 0 Å². The number of nitrogens with one attached hydrogen (secondary N) is 2. The number of nitrogens with two attached hydrogens (primary N) is 1. The van der Waals surface area contributed by atoms with Crippen molar-refractivity contribution in [1.29, 1.82) is 0 Å². The van der Waals surface area contributed by atoms with Crippen LogP contribution in [-0.4, -0.2) is 46.6 Å². The molecule has 1 fully saturated rings. The van der Waals surface area contributed by atoms with Crippen LogP contribution < -0.4 is 21.5 Å². The lowest BCUT2D eigenvalue weighted by molar-refractivity contribution is 0.798. The topological polar surface area (TPSA) is 92.0 Å². The zero-order chi connectivity index (χ0) is 13.0. The van der Waals surface area contributed by atoms with Gasteiger partial charge in [0.1, 0.15) is 0 Å². The van der Waals surface area contributed by atoms with E-state index in [1.165, 1.54) is 18.6 Å². The first kappa shape index (κ1) is 13.2. The quantitative estimate of drug-likeness (QED) is 0.526. The van der Waals surface area contributed by atoms with Crippen molar-refractivity contribution in [2.75, 3.05) is 42.0 Å². The fourth-order valence-electron chi connectivity index (χ4n) is 1.72. The first-order valence-electron chi connectivity index (χ1n) is 5.94. The van der Waals surface area contributed by atoms with Gasteiger partial charge < -0.3 is 10.2 Å². The summed E-state index contributed by atoms with van der Waals surface area (Å²) in [5.74, 6) is 8.12. The van der Waals surface area contributed by atoms with E-state index in [0.29, 0.717) is 23.1 Å². The second-order valence-electron chi connectivity index (χ2n) is 4.34. The van der Waals surface area contributed by atoms with E-state index in [0.717, 1.165) is 6.54 Å². The predicted molar refractivity (Wildman–Crippen MR) is 75.9 cm³/mol. The van der Waals surface area contributed by atoms with Crippen molar-refractivity contribution >= 4 is 29.6 Å². The molecule has 0 aliphatic carbocycles. The van der Waals surface area contributed by atoms with Gasteiger partial charge in [-0.25, -0.2) is 5.84 Å². The van der Waals surface area contributed by atoms with Gasteiger partial charge >= 0.3 is 0 Å². The number of nitrogens with zero attached hydrogens (tertiary/aromatic N) is 4. The third kappa shape index (κ3) is 3.36. The van der Waals surface area contributed by atoms with Crippen LogP contribution in [0.25, 0.3) is 0 Å². The minimum Gasteiger partial charge on any atom is -0.353 e. The summed E-state index contributed by atoms with van der Waals surface area (Å²) >= 11 is 2.00. The highest BCUT2D eigenvalue weighted by atomic mass is 32.2. The maximum atomic E-state index is 5.35. The van der Waals surface area contributed by atoms with Crippen molar-refractivity contribution in [2.45, 2.75) is 18.1 Å². The molecule has 1 aromatic rings. The van der Waals surface area contributed by atoms with Gasteiger partial charge in [0.15, 0.2) is 0 Å². The zero-order valence-corrected chi connectivity index (χ0v) is 11.5. The molecule has 1 atom stereocenters. The molecule has 1 aliphatic rings. The molecule has 1 aromatic heterocycles. The third-order valence-corrected chi connectivity index (χ3v) is 4.06. The molecule has 0 aromatic carbocycles. The van der Waals surface area contributed by atoms with Crippen LogP contribution in [0.15, 0.2) is 0 Å². The van der Waals surface area contributed by atoms with Crippen LogP contribution in [-0.2, 0) is 0 Å². The SMILES string of the molecule is CN(C)c1nc(NN)nc(NCC2CCCS2)n1. The van der Waals surface area contributed by atoms with E-state index in [1.807, 2.05) is 30.8 Å². The highest BCUT2D eigenvalue weighted by Gasteiger charge is 2.16. The fraction of sp³-hybridized carbons (Fsp3) is 0.700. The standard InChI is InChI=1S/C10H19N7S/c1-17(2)10-14-8(13-9(15-10)16-11)12-6-7-4-3-5-18-7/h7H,3-6,11H2,1-2H3,(H2,12,13,14,15,16). The summed E-state index contributed by atoms with van der Waals surface area (Å²) < 4.78 is 0. The summed E-state index contributed by atoms with van der Waals surface area (Å²) in [6.07, 6.45) is 2.55. The monoisotopic (exact) mass is 269 g/mol. The highest BCUT2D eigenvalue weighted by Crippen LogP contribution is 2.26. The lowest BCUT2D eigenvalue weighted by Gasteiger charge is -2.14. The lowest BCUT2D eigenvalue weighted by Crippen LogP contribution is -2.21. The second kappa shape index (κ2) is 6.05. The minimum atomic E-state index is 0.371. The number of thioether (sulfide) groups is 1. The maximum absolute atomic E-state index is 5.35.